The zero-order valence-electron chi connectivity index (χ0n) is 13.5. The Balaban J connectivity index is 1.50. The van der Waals surface area contributed by atoms with Gasteiger partial charge in [-0.2, -0.15) is 0 Å². The quantitative estimate of drug-likeness (QED) is 0.791. The van der Waals surface area contributed by atoms with Gasteiger partial charge in [0, 0.05) is 43.7 Å². The largest absolute Gasteiger partial charge is 0.497 e. The van der Waals surface area contributed by atoms with Crippen LogP contribution >= 0.6 is 15.9 Å². The molecule has 1 aliphatic heterocycles. The molecule has 4 heteroatoms. The first-order valence-electron chi connectivity index (χ1n) is 8.05. The van der Waals surface area contributed by atoms with Crippen LogP contribution in [-0.4, -0.2) is 43.1 Å². The maximum absolute atomic E-state index is 5.31. The van der Waals surface area contributed by atoms with Crippen molar-refractivity contribution in [3.8, 4) is 5.75 Å². The number of hydrogen-bond acceptors (Lipinski definition) is 3. The van der Waals surface area contributed by atoms with Gasteiger partial charge in [-0.3, -0.25) is 9.80 Å². The SMILES string of the molecule is COc1cccc(CN2CCN(Cc3cccc(Br)c3)CC2)c1. The first-order valence-corrected chi connectivity index (χ1v) is 8.84. The van der Waals surface area contributed by atoms with Crippen LogP contribution in [0.15, 0.2) is 53.0 Å². The molecule has 0 radical (unpaired) electrons. The van der Waals surface area contributed by atoms with Crippen molar-refractivity contribution in [2.75, 3.05) is 33.3 Å². The lowest BCUT2D eigenvalue weighted by Crippen LogP contribution is -2.45. The molecular formula is C19H23BrN2O. The van der Waals surface area contributed by atoms with Crippen molar-refractivity contribution in [3.63, 3.8) is 0 Å². The molecule has 0 atom stereocenters. The molecule has 0 unspecified atom stereocenters. The summed E-state index contributed by atoms with van der Waals surface area (Å²) < 4.78 is 6.47. The van der Waals surface area contributed by atoms with Crippen LogP contribution in [0.2, 0.25) is 0 Å². The van der Waals surface area contributed by atoms with E-state index in [0.717, 1.165) is 49.5 Å². The average Bonchev–Trinajstić information content (AvgIpc) is 2.57. The molecule has 1 fully saturated rings. The van der Waals surface area contributed by atoms with Gasteiger partial charge in [0.25, 0.3) is 0 Å². The van der Waals surface area contributed by atoms with Gasteiger partial charge < -0.3 is 4.74 Å². The summed E-state index contributed by atoms with van der Waals surface area (Å²) in [4.78, 5) is 5.05. The summed E-state index contributed by atoms with van der Waals surface area (Å²) in [6.45, 7) is 6.51. The zero-order valence-corrected chi connectivity index (χ0v) is 15.1. The number of nitrogens with zero attached hydrogens (tertiary/aromatic N) is 2. The summed E-state index contributed by atoms with van der Waals surface area (Å²) >= 11 is 3.55. The molecule has 2 aromatic carbocycles. The minimum absolute atomic E-state index is 0.941. The molecule has 122 valence electrons. The van der Waals surface area contributed by atoms with E-state index in [1.807, 2.05) is 6.07 Å². The monoisotopic (exact) mass is 374 g/mol. The van der Waals surface area contributed by atoms with Gasteiger partial charge in [0.1, 0.15) is 5.75 Å². The van der Waals surface area contributed by atoms with Crippen LogP contribution in [0.25, 0.3) is 0 Å². The molecule has 0 aliphatic carbocycles. The van der Waals surface area contributed by atoms with E-state index >= 15 is 0 Å². The summed E-state index contributed by atoms with van der Waals surface area (Å²) in [5.41, 5.74) is 2.70. The van der Waals surface area contributed by atoms with Gasteiger partial charge in [0.05, 0.1) is 7.11 Å². The van der Waals surface area contributed by atoms with E-state index in [2.05, 4.69) is 68.2 Å². The van der Waals surface area contributed by atoms with Crippen molar-refractivity contribution in [2.45, 2.75) is 13.1 Å². The molecule has 1 heterocycles. The molecule has 0 N–H and O–H groups in total. The highest BCUT2D eigenvalue weighted by Gasteiger charge is 2.17. The summed E-state index contributed by atoms with van der Waals surface area (Å²) in [6.07, 6.45) is 0. The van der Waals surface area contributed by atoms with Crippen molar-refractivity contribution in [2.24, 2.45) is 0 Å². The van der Waals surface area contributed by atoms with Crippen LogP contribution in [0.1, 0.15) is 11.1 Å². The predicted octanol–water partition coefficient (Wildman–Crippen LogP) is 3.78. The highest BCUT2D eigenvalue weighted by molar-refractivity contribution is 9.10. The van der Waals surface area contributed by atoms with E-state index in [9.17, 15) is 0 Å². The van der Waals surface area contributed by atoms with Crippen LogP contribution in [0.3, 0.4) is 0 Å². The van der Waals surface area contributed by atoms with Gasteiger partial charge in [-0.15, -0.1) is 0 Å². The van der Waals surface area contributed by atoms with Gasteiger partial charge in [0.15, 0.2) is 0 Å². The molecule has 1 saturated heterocycles. The topological polar surface area (TPSA) is 15.7 Å². The third-order valence-electron chi connectivity index (χ3n) is 4.30. The van der Waals surface area contributed by atoms with Gasteiger partial charge in [-0.25, -0.2) is 0 Å². The van der Waals surface area contributed by atoms with E-state index in [1.165, 1.54) is 11.1 Å². The Morgan fingerprint density at radius 1 is 0.870 bits per heavy atom. The number of ether oxygens (including phenoxy) is 1. The summed E-state index contributed by atoms with van der Waals surface area (Å²) in [7, 11) is 1.72. The Labute approximate surface area is 147 Å². The number of halogens is 1. The lowest BCUT2D eigenvalue weighted by Gasteiger charge is -2.34. The second-order valence-corrected chi connectivity index (χ2v) is 6.95. The molecular weight excluding hydrogens is 352 g/mol. The molecule has 2 aromatic rings. The van der Waals surface area contributed by atoms with Crippen LogP contribution in [0.4, 0.5) is 0 Å². The Kier molecular flexibility index (Phi) is 5.70. The van der Waals surface area contributed by atoms with E-state index < -0.39 is 0 Å². The Hall–Kier alpha value is -1.36. The van der Waals surface area contributed by atoms with E-state index in [-0.39, 0.29) is 0 Å². The van der Waals surface area contributed by atoms with Crippen LogP contribution in [0.5, 0.6) is 5.75 Å². The van der Waals surface area contributed by atoms with Crippen molar-refractivity contribution >= 4 is 15.9 Å². The van der Waals surface area contributed by atoms with E-state index in [1.54, 1.807) is 7.11 Å². The van der Waals surface area contributed by atoms with Crippen molar-refractivity contribution in [1.82, 2.24) is 9.80 Å². The fourth-order valence-corrected chi connectivity index (χ4v) is 3.47. The van der Waals surface area contributed by atoms with Gasteiger partial charge in [0.2, 0.25) is 0 Å². The molecule has 3 rings (SSSR count). The Morgan fingerprint density at radius 3 is 2.00 bits per heavy atom. The molecule has 0 spiro atoms. The maximum atomic E-state index is 5.31. The zero-order chi connectivity index (χ0) is 16.1. The second kappa shape index (κ2) is 7.95. The van der Waals surface area contributed by atoms with Gasteiger partial charge in [-0.05, 0) is 35.4 Å². The van der Waals surface area contributed by atoms with Crippen molar-refractivity contribution in [3.05, 3.63) is 64.1 Å². The lowest BCUT2D eigenvalue weighted by molar-refractivity contribution is 0.122. The van der Waals surface area contributed by atoms with Crippen LogP contribution in [-0.2, 0) is 13.1 Å². The third kappa shape index (κ3) is 4.80. The molecule has 1 aliphatic rings. The third-order valence-corrected chi connectivity index (χ3v) is 4.79. The predicted molar refractivity (Wildman–Crippen MR) is 97.7 cm³/mol. The highest BCUT2D eigenvalue weighted by Crippen LogP contribution is 2.17. The fraction of sp³-hybridized carbons (Fsp3) is 0.368. The molecule has 0 aromatic heterocycles. The van der Waals surface area contributed by atoms with E-state index in [0.29, 0.717) is 0 Å². The Bertz CT molecular complexity index is 639. The number of hydrogen-bond donors (Lipinski definition) is 0. The minimum atomic E-state index is 0.941. The van der Waals surface area contributed by atoms with Crippen LogP contribution < -0.4 is 4.74 Å². The highest BCUT2D eigenvalue weighted by atomic mass is 79.9. The molecule has 0 amide bonds. The molecule has 3 nitrogen and oxygen atoms in total. The standard InChI is InChI=1S/C19H23BrN2O/c1-23-19-7-3-5-17(13-19)15-22-10-8-21(9-11-22)14-16-4-2-6-18(20)12-16/h2-7,12-13H,8-11,14-15H2,1H3. The number of piperazine rings is 1. The molecule has 23 heavy (non-hydrogen) atoms. The first-order chi connectivity index (χ1) is 11.2. The average molecular weight is 375 g/mol. The summed E-state index contributed by atoms with van der Waals surface area (Å²) in [6, 6.07) is 17.0. The Morgan fingerprint density at radius 2 is 1.43 bits per heavy atom. The van der Waals surface area contributed by atoms with Crippen molar-refractivity contribution in [1.29, 1.82) is 0 Å². The summed E-state index contributed by atoms with van der Waals surface area (Å²) in [5.74, 6) is 0.941. The normalized spacial score (nSPS) is 16.4. The number of benzene rings is 2. The molecule has 0 bridgehead atoms. The fourth-order valence-electron chi connectivity index (χ4n) is 3.03. The van der Waals surface area contributed by atoms with Crippen molar-refractivity contribution < 1.29 is 4.74 Å². The number of rotatable bonds is 5. The van der Waals surface area contributed by atoms with Gasteiger partial charge >= 0.3 is 0 Å². The second-order valence-electron chi connectivity index (χ2n) is 6.03. The van der Waals surface area contributed by atoms with Crippen LogP contribution in [0, 0.1) is 0 Å². The smallest absolute Gasteiger partial charge is 0.119 e. The maximum Gasteiger partial charge on any atom is 0.119 e. The first kappa shape index (κ1) is 16.5. The van der Waals surface area contributed by atoms with Gasteiger partial charge in [-0.1, -0.05) is 40.2 Å². The molecule has 0 saturated carbocycles. The minimum Gasteiger partial charge on any atom is -0.497 e. The lowest BCUT2D eigenvalue weighted by atomic mass is 10.1. The number of methoxy groups -OCH3 is 1. The van der Waals surface area contributed by atoms with E-state index in [4.69, 9.17) is 4.74 Å². The summed E-state index contributed by atoms with van der Waals surface area (Å²) in [5, 5.41) is 0.